The normalized spacial score (nSPS) is 10.8. The quantitative estimate of drug-likeness (QED) is 0.786. The fourth-order valence-electron chi connectivity index (χ4n) is 1.97. The molecule has 1 aromatic heterocycles. The Balaban J connectivity index is 2.20. The number of rotatable bonds is 5. The van der Waals surface area contributed by atoms with E-state index in [0.717, 1.165) is 5.69 Å². The van der Waals surface area contributed by atoms with Gasteiger partial charge in [-0.05, 0) is 32.9 Å². The van der Waals surface area contributed by atoms with E-state index in [2.05, 4.69) is 4.98 Å². The number of benzene rings is 1. The summed E-state index contributed by atoms with van der Waals surface area (Å²) < 4.78 is 20.8. The van der Waals surface area contributed by atoms with Crippen molar-refractivity contribution in [2.45, 2.75) is 33.4 Å². The fraction of sp³-hybridized carbons (Fsp3) is 0.333. The number of carbonyl (C=O) groups excluding carboxylic acids is 1. The van der Waals surface area contributed by atoms with E-state index >= 15 is 0 Å². The van der Waals surface area contributed by atoms with Crippen molar-refractivity contribution in [3.05, 3.63) is 47.8 Å². The molecule has 0 atom stereocenters. The van der Waals surface area contributed by atoms with Gasteiger partial charge < -0.3 is 9.30 Å². The highest BCUT2D eigenvalue weighted by atomic mass is 19.1. The number of aromatic nitrogens is 2. The number of nitrogens with zero attached hydrogens (tertiary/aromatic N) is 2. The summed E-state index contributed by atoms with van der Waals surface area (Å²) in [5.74, 6) is -0.325. The lowest BCUT2D eigenvalue weighted by atomic mass is 10.1. The smallest absolute Gasteiger partial charge is 0.163 e. The Kier molecular flexibility index (Phi) is 4.17. The standard InChI is InChI=1S/C15H17FN2O2/c1-10(2)18-9-17-7-13(18)8-20-15-6-12(16)4-5-14(15)11(3)19/h4-7,9-10H,8H2,1-3H3. The largest absolute Gasteiger partial charge is 0.486 e. The molecule has 2 aromatic rings. The van der Waals surface area contributed by atoms with Crippen LogP contribution in [0.2, 0.25) is 0 Å². The van der Waals surface area contributed by atoms with Gasteiger partial charge in [-0.15, -0.1) is 0 Å². The van der Waals surface area contributed by atoms with Crippen LogP contribution in [-0.4, -0.2) is 15.3 Å². The predicted octanol–water partition coefficient (Wildman–Crippen LogP) is 3.38. The zero-order valence-electron chi connectivity index (χ0n) is 11.8. The Morgan fingerprint density at radius 1 is 1.45 bits per heavy atom. The van der Waals surface area contributed by atoms with Crippen LogP contribution in [0.3, 0.4) is 0 Å². The van der Waals surface area contributed by atoms with Crippen LogP contribution in [0.15, 0.2) is 30.7 Å². The summed E-state index contributed by atoms with van der Waals surface area (Å²) in [6.07, 6.45) is 3.42. The topological polar surface area (TPSA) is 44.1 Å². The Bertz CT molecular complexity index is 620. The predicted molar refractivity (Wildman–Crippen MR) is 73.3 cm³/mol. The Labute approximate surface area is 117 Å². The van der Waals surface area contributed by atoms with Gasteiger partial charge in [0.1, 0.15) is 18.2 Å². The molecule has 0 fully saturated rings. The fourth-order valence-corrected chi connectivity index (χ4v) is 1.97. The lowest BCUT2D eigenvalue weighted by molar-refractivity contribution is 0.101. The molecule has 0 aliphatic carbocycles. The molecule has 0 bridgehead atoms. The number of carbonyl (C=O) groups is 1. The first-order chi connectivity index (χ1) is 9.49. The summed E-state index contributed by atoms with van der Waals surface area (Å²) in [7, 11) is 0. The minimum Gasteiger partial charge on any atom is -0.486 e. The van der Waals surface area contributed by atoms with Crippen LogP contribution in [0.5, 0.6) is 5.75 Å². The van der Waals surface area contributed by atoms with Gasteiger partial charge in [0.15, 0.2) is 5.78 Å². The Morgan fingerprint density at radius 3 is 2.85 bits per heavy atom. The van der Waals surface area contributed by atoms with E-state index < -0.39 is 5.82 Å². The molecule has 0 amide bonds. The van der Waals surface area contributed by atoms with E-state index in [9.17, 15) is 9.18 Å². The minimum absolute atomic E-state index is 0.155. The second-order valence-corrected chi connectivity index (χ2v) is 4.87. The van der Waals surface area contributed by atoms with E-state index in [1.807, 2.05) is 18.4 Å². The summed E-state index contributed by atoms with van der Waals surface area (Å²) in [5.41, 5.74) is 1.25. The molecule has 0 saturated carbocycles. The molecule has 4 nitrogen and oxygen atoms in total. The molecule has 1 heterocycles. The van der Waals surface area contributed by atoms with Gasteiger partial charge in [-0.25, -0.2) is 9.37 Å². The molecule has 0 N–H and O–H groups in total. The molecule has 0 saturated heterocycles. The molecule has 5 heteroatoms. The number of hydrogen-bond donors (Lipinski definition) is 0. The van der Waals surface area contributed by atoms with Crippen LogP contribution in [-0.2, 0) is 6.61 Å². The van der Waals surface area contributed by atoms with Gasteiger partial charge in [0, 0.05) is 12.1 Å². The molecule has 0 radical (unpaired) electrons. The maximum atomic E-state index is 13.3. The van der Waals surface area contributed by atoms with Crippen LogP contribution in [0, 0.1) is 5.82 Å². The highest BCUT2D eigenvalue weighted by Gasteiger charge is 2.12. The van der Waals surface area contributed by atoms with Gasteiger partial charge in [0.25, 0.3) is 0 Å². The first-order valence-corrected chi connectivity index (χ1v) is 6.43. The highest BCUT2D eigenvalue weighted by molar-refractivity contribution is 5.96. The van der Waals surface area contributed by atoms with Crippen molar-refractivity contribution in [2.24, 2.45) is 0 Å². The van der Waals surface area contributed by atoms with E-state index in [1.54, 1.807) is 12.5 Å². The maximum Gasteiger partial charge on any atom is 0.163 e. The first-order valence-electron chi connectivity index (χ1n) is 6.43. The molecule has 1 aromatic carbocycles. The summed E-state index contributed by atoms with van der Waals surface area (Å²) >= 11 is 0. The van der Waals surface area contributed by atoms with Crippen LogP contribution in [0.4, 0.5) is 4.39 Å². The number of ketones is 1. The van der Waals surface area contributed by atoms with Gasteiger partial charge in [-0.3, -0.25) is 4.79 Å². The summed E-state index contributed by atoms with van der Waals surface area (Å²) in [6, 6.07) is 4.18. The van der Waals surface area contributed by atoms with E-state index in [0.29, 0.717) is 5.56 Å². The number of Topliss-reactive ketones (excluding diaryl/α,β-unsaturated/α-hetero) is 1. The van der Waals surface area contributed by atoms with Crippen molar-refractivity contribution in [2.75, 3.05) is 0 Å². The van der Waals surface area contributed by atoms with Crippen LogP contribution in [0.1, 0.15) is 42.9 Å². The molecule has 0 aliphatic heterocycles. The Hall–Kier alpha value is -2.17. The average molecular weight is 276 g/mol. The van der Waals surface area contributed by atoms with E-state index in [4.69, 9.17) is 4.74 Å². The molecule has 0 aliphatic rings. The van der Waals surface area contributed by atoms with Crippen LogP contribution in [0.25, 0.3) is 0 Å². The molecule has 0 spiro atoms. The third kappa shape index (κ3) is 3.04. The monoisotopic (exact) mass is 276 g/mol. The molecular formula is C15H17FN2O2. The number of halogens is 1. The molecular weight excluding hydrogens is 259 g/mol. The number of ether oxygens (including phenoxy) is 1. The van der Waals surface area contributed by atoms with E-state index in [1.165, 1.54) is 25.1 Å². The van der Waals surface area contributed by atoms with Crippen molar-refractivity contribution in [1.82, 2.24) is 9.55 Å². The highest BCUT2D eigenvalue weighted by Crippen LogP contribution is 2.22. The first kappa shape index (κ1) is 14.2. The third-order valence-electron chi connectivity index (χ3n) is 3.00. The van der Waals surface area contributed by atoms with Gasteiger partial charge in [-0.2, -0.15) is 0 Å². The van der Waals surface area contributed by atoms with Crippen molar-refractivity contribution < 1.29 is 13.9 Å². The lowest BCUT2D eigenvalue weighted by Gasteiger charge is -2.14. The SMILES string of the molecule is CC(=O)c1ccc(F)cc1OCc1cncn1C(C)C. The average Bonchev–Trinajstić information content (AvgIpc) is 2.84. The van der Waals surface area contributed by atoms with Gasteiger partial charge in [0.05, 0.1) is 23.8 Å². The Morgan fingerprint density at radius 2 is 2.20 bits per heavy atom. The van der Waals surface area contributed by atoms with Crippen molar-refractivity contribution >= 4 is 5.78 Å². The summed E-state index contributed by atoms with van der Waals surface area (Å²) in [6.45, 7) is 5.74. The van der Waals surface area contributed by atoms with Crippen molar-refractivity contribution in [3.8, 4) is 5.75 Å². The molecule has 106 valence electrons. The van der Waals surface area contributed by atoms with E-state index in [-0.39, 0.29) is 24.2 Å². The van der Waals surface area contributed by atoms with Crippen LogP contribution < -0.4 is 4.74 Å². The van der Waals surface area contributed by atoms with Gasteiger partial charge in [-0.1, -0.05) is 0 Å². The lowest BCUT2D eigenvalue weighted by Crippen LogP contribution is -2.08. The summed E-state index contributed by atoms with van der Waals surface area (Å²) in [4.78, 5) is 15.6. The van der Waals surface area contributed by atoms with Crippen LogP contribution >= 0.6 is 0 Å². The zero-order valence-corrected chi connectivity index (χ0v) is 11.8. The molecule has 0 unspecified atom stereocenters. The number of hydrogen-bond acceptors (Lipinski definition) is 3. The van der Waals surface area contributed by atoms with Crippen molar-refractivity contribution in [3.63, 3.8) is 0 Å². The van der Waals surface area contributed by atoms with Crippen molar-refractivity contribution in [1.29, 1.82) is 0 Å². The molecule has 20 heavy (non-hydrogen) atoms. The summed E-state index contributed by atoms with van der Waals surface area (Å²) in [5, 5.41) is 0. The molecule has 2 rings (SSSR count). The minimum atomic E-state index is -0.428. The van der Waals surface area contributed by atoms with Gasteiger partial charge >= 0.3 is 0 Å². The third-order valence-corrected chi connectivity index (χ3v) is 3.00. The maximum absolute atomic E-state index is 13.3. The second kappa shape index (κ2) is 5.86. The zero-order chi connectivity index (χ0) is 14.7. The number of imidazole rings is 1. The van der Waals surface area contributed by atoms with Gasteiger partial charge in [0.2, 0.25) is 0 Å². The second-order valence-electron chi connectivity index (χ2n) is 4.87.